The lowest BCUT2D eigenvalue weighted by Crippen LogP contribution is -2.48. The largest absolute Gasteiger partial charge is 0.387 e. The van der Waals surface area contributed by atoms with Gasteiger partial charge in [-0.05, 0) is 18.8 Å². The summed E-state index contributed by atoms with van der Waals surface area (Å²) >= 11 is 1.51. The van der Waals surface area contributed by atoms with E-state index in [0.717, 1.165) is 18.5 Å². The van der Waals surface area contributed by atoms with Crippen molar-refractivity contribution in [3.05, 3.63) is 16.6 Å². The van der Waals surface area contributed by atoms with Crippen molar-refractivity contribution in [3.8, 4) is 0 Å². The molecule has 1 aromatic heterocycles. The van der Waals surface area contributed by atoms with Gasteiger partial charge in [-0.2, -0.15) is 0 Å². The number of hydrogen-bond donors (Lipinski definition) is 1. The van der Waals surface area contributed by atoms with Gasteiger partial charge in [-0.1, -0.05) is 13.3 Å². The number of rotatable bonds is 3. The van der Waals surface area contributed by atoms with E-state index in [1.165, 1.54) is 17.8 Å². The van der Waals surface area contributed by atoms with Crippen LogP contribution in [0, 0.1) is 11.8 Å². The first-order valence-corrected chi connectivity index (χ1v) is 7.91. The molecule has 0 aromatic carbocycles. The first kappa shape index (κ1) is 13.1. The number of thiazole rings is 1. The topological polar surface area (TPSA) is 53.4 Å². The maximum absolute atomic E-state index is 12.3. The minimum absolute atomic E-state index is 0.0907. The maximum atomic E-state index is 12.3. The normalized spacial score (nSPS) is 31.5. The van der Waals surface area contributed by atoms with Crippen molar-refractivity contribution in [2.45, 2.75) is 38.2 Å². The molecule has 0 bridgehead atoms. The van der Waals surface area contributed by atoms with Crippen LogP contribution in [0.25, 0.3) is 0 Å². The average molecular weight is 280 g/mol. The molecule has 2 aliphatic rings. The highest BCUT2D eigenvalue weighted by Crippen LogP contribution is 2.44. The highest BCUT2D eigenvalue weighted by atomic mass is 32.1. The summed E-state index contributed by atoms with van der Waals surface area (Å²) in [6.45, 7) is 3.24. The van der Waals surface area contributed by atoms with Gasteiger partial charge in [-0.15, -0.1) is 11.3 Å². The molecule has 2 fully saturated rings. The second-order valence-corrected chi connectivity index (χ2v) is 6.67. The van der Waals surface area contributed by atoms with Gasteiger partial charge in [0.25, 0.3) is 0 Å². The minimum atomic E-state index is -0.657. The molecule has 104 valence electrons. The minimum Gasteiger partial charge on any atom is -0.387 e. The summed E-state index contributed by atoms with van der Waals surface area (Å²) in [5.41, 5.74) is 1.93. The molecule has 1 N–H and O–H groups in total. The number of amides is 1. The molecule has 1 aromatic rings. The van der Waals surface area contributed by atoms with Crippen LogP contribution < -0.4 is 0 Å². The zero-order valence-corrected chi connectivity index (χ0v) is 12.0. The Morgan fingerprint density at radius 3 is 3.00 bits per heavy atom. The highest BCUT2D eigenvalue weighted by molar-refractivity contribution is 7.07. The molecule has 1 amide bonds. The third-order valence-electron chi connectivity index (χ3n) is 4.77. The summed E-state index contributed by atoms with van der Waals surface area (Å²) in [6, 6.07) is 0. The van der Waals surface area contributed by atoms with Crippen molar-refractivity contribution in [3.63, 3.8) is 0 Å². The number of aromatic nitrogens is 1. The molecule has 1 saturated heterocycles. The Bertz CT molecular complexity index is 458. The lowest BCUT2D eigenvalue weighted by atomic mass is 9.69. The maximum Gasteiger partial charge on any atom is 0.228 e. The molecule has 4 nitrogen and oxygen atoms in total. The van der Waals surface area contributed by atoms with E-state index >= 15 is 0 Å². The fourth-order valence-corrected chi connectivity index (χ4v) is 3.79. The molecule has 2 heterocycles. The molecule has 19 heavy (non-hydrogen) atoms. The molecule has 2 atom stereocenters. The van der Waals surface area contributed by atoms with E-state index in [4.69, 9.17) is 0 Å². The predicted molar refractivity (Wildman–Crippen MR) is 73.9 cm³/mol. The standard InChI is InChI=1S/C14H20N2O2S/c1-10-6-16(8-14(10,18)11-3-2-4-11)13(17)5-12-7-19-9-15-12/h7,9-11,18H,2-6,8H2,1H3/t10-,14+/m1/s1. The van der Waals surface area contributed by atoms with Gasteiger partial charge in [0.1, 0.15) is 0 Å². The van der Waals surface area contributed by atoms with Crippen LogP contribution in [-0.2, 0) is 11.2 Å². The van der Waals surface area contributed by atoms with E-state index in [2.05, 4.69) is 11.9 Å². The Kier molecular flexibility index (Phi) is 3.35. The van der Waals surface area contributed by atoms with E-state index in [1.54, 1.807) is 5.51 Å². The van der Waals surface area contributed by atoms with Crippen LogP contribution in [0.5, 0.6) is 0 Å². The molecule has 1 saturated carbocycles. The first-order chi connectivity index (χ1) is 9.09. The monoisotopic (exact) mass is 280 g/mol. The Labute approximate surface area is 117 Å². The summed E-state index contributed by atoms with van der Waals surface area (Å²) in [5.74, 6) is 0.657. The molecular formula is C14H20N2O2S. The SMILES string of the molecule is C[C@@H]1CN(C(=O)Cc2cscn2)C[C@@]1(O)C1CCC1. The van der Waals surface area contributed by atoms with Crippen LogP contribution in [0.2, 0.25) is 0 Å². The van der Waals surface area contributed by atoms with Crippen LogP contribution in [0.3, 0.4) is 0 Å². The zero-order chi connectivity index (χ0) is 13.5. The van der Waals surface area contributed by atoms with Gasteiger partial charge in [0.05, 0.1) is 23.2 Å². The van der Waals surface area contributed by atoms with Gasteiger partial charge in [0.2, 0.25) is 5.91 Å². The average Bonchev–Trinajstić information content (AvgIpc) is 2.86. The van der Waals surface area contributed by atoms with Crippen LogP contribution in [0.4, 0.5) is 0 Å². The molecule has 0 unspecified atom stereocenters. The zero-order valence-electron chi connectivity index (χ0n) is 11.2. The lowest BCUT2D eigenvalue weighted by molar-refractivity contribution is -0.131. The summed E-state index contributed by atoms with van der Waals surface area (Å²) in [6.07, 6.45) is 3.79. The fraction of sp³-hybridized carbons (Fsp3) is 0.714. The summed E-state index contributed by atoms with van der Waals surface area (Å²) < 4.78 is 0. The van der Waals surface area contributed by atoms with Crippen LogP contribution in [-0.4, -0.2) is 39.6 Å². The van der Waals surface area contributed by atoms with Gasteiger partial charge >= 0.3 is 0 Å². The molecule has 0 spiro atoms. The Balaban J connectivity index is 1.65. The number of β-amino-alcohol motifs (C(OH)–C–C–N with tert-alkyl or cyclic N) is 1. The Morgan fingerprint density at radius 1 is 1.63 bits per heavy atom. The second-order valence-electron chi connectivity index (χ2n) is 5.95. The predicted octanol–water partition coefficient (Wildman–Crippen LogP) is 1.70. The summed E-state index contributed by atoms with van der Waals surface area (Å²) in [5, 5.41) is 12.7. The molecule has 5 heteroatoms. The van der Waals surface area contributed by atoms with Crippen molar-refractivity contribution < 1.29 is 9.90 Å². The van der Waals surface area contributed by atoms with Gasteiger partial charge in [0.15, 0.2) is 0 Å². The summed E-state index contributed by atoms with van der Waals surface area (Å²) in [4.78, 5) is 18.2. The molecule has 1 aliphatic heterocycles. The van der Waals surface area contributed by atoms with Crippen molar-refractivity contribution in [2.24, 2.45) is 11.8 Å². The number of carbonyl (C=O) groups is 1. The van der Waals surface area contributed by atoms with Gasteiger partial charge in [-0.25, -0.2) is 4.98 Å². The van der Waals surface area contributed by atoms with Crippen molar-refractivity contribution in [2.75, 3.05) is 13.1 Å². The Morgan fingerprint density at radius 2 is 2.42 bits per heavy atom. The third kappa shape index (κ3) is 2.30. The van der Waals surface area contributed by atoms with Crippen LogP contribution in [0.15, 0.2) is 10.9 Å². The number of aliphatic hydroxyl groups is 1. The molecular weight excluding hydrogens is 260 g/mol. The third-order valence-corrected chi connectivity index (χ3v) is 5.41. The van der Waals surface area contributed by atoms with Gasteiger partial charge in [-0.3, -0.25) is 4.79 Å². The van der Waals surface area contributed by atoms with E-state index in [1.807, 2.05) is 10.3 Å². The number of likely N-dealkylation sites (tertiary alicyclic amines) is 1. The second kappa shape index (κ2) is 4.87. The number of hydrogen-bond acceptors (Lipinski definition) is 4. The summed E-state index contributed by atoms with van der Waals surface area (Å²) in [7, 11) is 0. The first-order valence-electron chi connectivity index (χ1n) is 6.97. The van der Waals surface area contributed by atoms with E-state index in [-0.39, 0.29) is 11.8 Å². The smallest absolute Gasteiger partial charge is 0.228 e. The van der Waals surface area contributed by atoms with E-state index in [0.29, 0.717) is 25.4 Å². The van der Waals surface area contributed by atoms with Gasteiger partial charge in [0, 0.05) is 24.4 Å². The molecule has 0 radical (unpaired) electrons. The van der Waals surface area contributed by atoms with E-state index < -0.39 is 5.60 Å². The Hall–Kier alpha value is -0.940. The van der Waals surface area contributed by atoms with Crippen molar-refractivity contribution in [1.82, 2.24) is 9.88 Å². The number of nitrogens with zero attached hydrogens (tertiary/aromatic N) is 2. The highest BCUT2D eigenvalue weighted by Gasteiger charge is 2.50. The quantitative estimate of drug-likeness (QED) is 0.917. The van der Waals surface area contributed by atoms with Crippen LogP contribution in [0.1, 0.15) is 31.9 Å². The van der Waals surface area contributed by atoms with Crippen LogP contribution >= 0.6 is 11.3 Å². The fourth-order valence-electron chi connectivity index (χ4n) is 3.24. The molecule has 1 aliphatic carbocycles. The van der Waals surface area contributed by atoms with Crippen molar-refractivity contribution >= 4 is 17.2 Å². The van der Waals surface area contributed by atoms with E-state index in [9.17, 15) is 9.90 Å². The number of carbonyl (C=O) groups excluding carboxylic acids is 1. The molecule has 3 rings (SSSR count). The van der Waals surface area contributed by atoms with Gasteiger partial charge < -0.3 is 10.0 Å². The lowest BCUT2D eigenvalue weighted by Gasteiger charge is -2.41. The van der Waals surface area contributed by atoms with Crippen molar-refractivity contribution in [1.29, 1.82) is 0 Å².